The third-order valence-electron chi connectivity index (χ3n) is 3.43. The number of anilines is 1. The predicted octanol–water partition coefficient (Wildman–Crippen LogP) is 4.07. The molecule has 2 heterocycles. The number of hydrogen-bond acceptors (Lipinski definition) is 5. The van der Waals surface area contributed by atoms with Crippen molar-refractivity contribution in [1.82, 2.24) is 9.97 Å². The number of fused-ring (bicyclic) bond motifs is 1. The standard InChI is InChI=1S/C16H17N3OS/c1-9(2)12-7-11(13-8-21-16(17)19-13)10-5-4-6-14(20-3)15(10)18-12/h4-9H,1-3H3,(H2,17,19). The molecule has 0 aliphatic rings. The molecular formula is C16H17N3OS. The molecule has 2 N–H and O–H groups in total. The number of para-hydroxylation sites is 1. The molecule has 0 bridgehead atoms. The Morgan fingerprint density at radius 2 is 2.05 bits per heavy atom. The molecule has 5 heteroatoms. The molecule has 3 aromatic rings. The van der Waals surface area contributed by atoms with Crippen LogP contribution in [0, 0.1) is 0 Å². The lowest BCUT2D eigenvalue weighted by molar-refractivity contribution is 0.419. The number of methoxy groups -OCH3 is 1. The molecular weight excluding hydrogens is 282 g/mol. The molecule has 0 aliphatic carbocycles. The lowest BCUT2D eigenvalue weighted by Gasteiger charge is -2.12. The highest BCUT2D eigenvalue weighted by Crippen LogP contribution is 2.35. The van der Waals surface area contributed by atoms with Crippen LogP contribution in [0.5, 0.6) is 5.75 Å². The summed E-state index contributed by atoms with van der Waals surface area (Å²) in [6, 6.07) is 8.04. The van der Waals surface area contributed by atoms with Crippen molar-refractivity contribution in [2.75, 3.05) is 12.8 Å². The SMILES string of the molecule is COc1cccc2c(-c3csc(N)n3)cc(C(C)C)nc12. The Balaban J connectivity index is 2.36. The first-order valence-corrected chi connectivity index (χ1v) is 7.67. The van der Waals surface area contributed by atoms with E-state index in [2.05, 4.69) is 24.9 Å². The first kappa shape index (κ1) is 13.8. The summed E-state index contributed by atoms with van der Waals surface area (Å²) in [7, 11) is 1.67. The van der Waals surface area contributed by atoms with Gasteiger partial charge in [-0.1, -0.05) is 26.0 Å². The van der Waals surface area contributed by atoms with Gasteiger partial charge in [0.1, 0.15) is 11.3 Å². The highest BCUT2D eigenvalue weighted by Gasteiger charge is 2.14. The van der Waals surface area contributed by atoms with Crippen LogP contribution in [-0.4, -0.2) is 17.1 Å². The van der Waals surface area contributed by atoms with Gasteiger partial charge in [-0.3, -0.25) is 0 Å². The molecule has 2 aromatic heterocycles. The van der Waals surface area contributed by atoms with Crippen LogP contribution >= 0.6 is 11.3 Å². The molecule has 0 saturated heterocycles. The van der Waals surface area contributed by atoms with E-state index in [4.69, 9.17) is 15.5 Å². The number of nitrogens with zero attached hydrogens (tertiary/aromatic N) is 2. The van der Waals surface area contributed by atoms with Gasteiger partial charge in [0.2, 0.25) is 0 Å². The van der Waals surface area contributed by atoms with Gasteiger partial charge in [-0.25, -0.2) is 9.97 Å². The summed E-state index contributed by atoms with van der Waals surface area (Å²) in [5, 5.41) is 3.58. The van der Waals surface area contributed by atoms with Gasteiger partial charge in [-0.2, -0.15) is 0 Å². The van der Waals surface area contributed by atoms with E-state index in [-0.39, 0.29) is 0 Å². The second kappa shape index (κ2) is 5.33. The minimum Gasteiger partial charge on any atom is -0.494 e. The Morgan fingerprint density at radius 1 is 1.24 bits per heavy atom. The number of nitrogen functional groups attached to an aromatic ring is 1. The van der Waals surface area contributed by atoms with Crippen molar-refractivity contribution in [3.63, 3.8) is 0 Å². The van der Waals surface area contributed by atoms with Crippen LogP contribution in [0.4, 0.5) is 5.13 Å². The summed E-state index contributed by atoms with van der Waals surface area (Å²) in [4.78, 5) is 9.17. The fourth-order valence-electron chi connectivity index (χ4n) is 2.33. The average molecular weight is 299 g/mol. The van der Waals surface area contributed by atoms with E-state index in [0.29, 0.717) is 11.0 Å². The van der Waals surface area contributed by atoms with Gasteiger partial charge in [0.05, 0.1) is 12.8 Å². The van der Waals surface area contributed by atoms with Gasteiger partial charge in [-0.15, -0.1) is 11.3 Å². The molecule has 21 heavy (non-hydrogen) atoms. The minimum atomic E-state index is 0.328. The number of benzene rings is 1. The van der Waals surface area contributed by atoms with E-state index in [1.165, 1.54) is 11.3 Å². The second-order valence-electron chi connectivity index (χ2n) is 5.18. The maximum atomic E-state index is 5.78. The van der Waals surface area contributed by atoms with Crippen LogP contribution in [0.2, 0.25) is 0 Å². The number of aromatic nitrogens is 2. The number of rotatable bonds is 3. The second-order valence-corrected chi connectivity index (χ2v) is 6.07. The molecule has 0 unspecified atom stereocenters. The Labute approximate surface area is 127 Å². The lowest BCUT2D eigenvalue weighted by Crippen LogP contribution is -1.97. The van der Waals surface area contributed by atoms with Crippen molar-refractivity contribution in [3.05, 3.63) is 35.3 Å². The van der Waals surface area contributed by atoms with Gasteiger partial charge >= 0.3 is 0 Å². The van der Waals surface area contributed by atoms with Crippen molar-refractivity contribution in [2.45, 2.75) is 19.8 Å². The number of nitrogens with two attached hydrogens (primary N) is 1. The van der Waals surface area contributed by atoms with Gasteiger partial charge in [0.25, 0.3) is 0 Å². The maximum absolute atomic E-state index is 5.78. The lowest BCUT2D eigenvalue weighted by atomic mass is 10.0. The van der Waals surface area contributed by atoms with Gasteiger partial charge in [-0.05, 0) is 18.1 Å². The van der Waals surface area contributed by atoms with Crippen LogP contribution < -0.4 is 10.5 Å². The highest BCUT2D eigenvalue weighted by atomic mass is 32.1. The number of thiazole rings is 1. The summed E-state index contributed by atoms with van der Waals surface area (Å²) in [5.74, 6) is 1.11. The third-order valence-corrected chi connectivity index (χ3v) is 4.11. The molecule has 108 valence electrons. The van der Waals surface area contributed by atoms with Crippen LogP contribution in [-0.2, 0) is 0 Å². The fraction of sp³-hybridized carbons (Fsp3) is 0.250. The monoisotopic (exact) mass is 299 g/mol. The summed E-state index contributed by atoms with van der Waals surface area (Å²) >= 11 is 1.45. The van der Waals surface area contributed by atoms with Crippen LogP contribution in [0.1, 0.15) is 25.5 Å². The number of ether oxygens (including phenoxy) is 1. The zero-order chi connectivity index (χ0) is 15.0. The van der Waals surface area contributed by atoms with Crippen molar-refractivity contribution in [1.29, 1.82) is 0 Å². The van der Waals surface area contributed by atoms with Gasteiger partial charge in [0.15, 0.2) is 5.13 Å². The van der Waals surface area contributed by atoms with E-state index in [1.54, 1.807) is 7.11 Å². The van der Waals surface area contributed by atoms with E-state index >= 15 is 0 Å². The van der Waals surface area contributed by atoms with Gasteiger partial charge in [0, 0.05) is 22.0 Å². The van der Waals surface area contributed by atoms with Crippen molar-refractivity contribution in [3.8, 4) is 17.0 Å². The summed E-state index contributed by atoms with van der Waals surface area (Å²) in [5.41, 5.74) is 9.61. The maximum Gasteiger partial charge on any atom is 0.180 e. The predicted molar refractivity (Wildman–Crippen MR) is 87.9 cm³/mol. The minimum absolute atomic E-state index is 0.328. The van der Waals surface area contributed by atoms with Crippen molar-refractivity contribution >= 4 is 27.4 Å². The summed E-state index contributed by atoms with van der Waals surface area (Å²) in [6.45, 7) is 4.26. The molecule has 0 spiro atoms. The molecule has 3 rings (SSSR count). The Bertz CT molecular complexity index is 795. The van der Waals surface area contributed by atoms with Crippen molar-refractivity contribution in [2.24, 2.45) is 0 Å². The Hall–Kier alpha value is -2.14. The molecule has 0 fully saturated rings. The zero-order valence-electron chi connectivity index (χ0n) is 12.3. The Kier molecular flexibility index (Phi) is 3.51. The van der Waals surface area contributed by atoms with E-state index < -0.39 is 0 Å². The topological polar surface area (TPSA) is 61.0 Å². The Morgan fingerprint density at radius 3 is 2.67 bits per heavy atom. The van der Waals surface area contributed by atoms with E-state index in [9.17, 15) is 0 Å². The van der Waals surface area contributed by atoms with Crippen molar-refractivity contribution < 1.29 is 4.74 Å². The first-order valence-electron chi connectivity index (χ1n) is 6.79. The smallest absolute Gasteiger partial charge is 0.180 e. The van der Waals surface area contributed by atoms with E-state index in [1.807, 2.05) is 23.6 Å². The average Bonchev–Trinajstić information content (AvgIpc) is 2.91. The van der Waals surface area contributed by atoms with Gasteiger partial charge < -0.3 is 10.5 Å². The molecule has 0 atom stereocenters. The molecule has 0 amide bonds. The number of hydrogen-bond donors (Lipinski definition) is 1. The summed E-state index contributed by atoms with van der Waals surface area (Å²) < 4.78 is 5.45. The molecule has 1 aromatic carbocycles. The molecule has 4 nitrogen and oxygen atoms in total. The molecule has 0 aliphatic heterocycles. The number of pyridine rings is 1. The molecule has 0 saturated carbocycles. The van der Waals surface area contributed by atoms with Crippen LogP contribution in [0.25, 0.3) is 22.2 Å². The third kappa shape index (κ3) is 2.45. The molecule has 0 radical (unpaired) electrons. The van der Waals surface area contributed by atoms with Crippen LogP contribution in [0.3, 0.4) is 0 Å². The van der Waals surface area contributed by atoms with Crippen LogP contribution in [0.15, 0.2) is 29.6 Å². The first-order chi connectivity index (χ1) is 10.1. The zero-order valence-corrected chi connectivity index (χ0v) is 13.1. The fourth-order valence-corrected chi connectivity index (χ4v) is 2.89. The van der Waals surface area contributed by atoms with E-state index in [0.717, 1.165) is 33.6 Å². The largest absolute Gasteiger partial charge is 0.494 e. The normalized spacial score (nSPS) is 11.2. The quantitative estimate of drug-likeness (QED) is 0.792. The summed E-state index contributed by atoms with van der Waals surface area (Å²) in [6.07, 6.45) is 0. The highest BCUT2D eigenvalue weighted by molar-refractivity contribution is 7.13.